The quantitative estimate of drug-likeness (QED) is 0.502. The van der Waals surface area contributed by atoms with E-state index in [2.05, 4.69) is 25.6 Å². The molecule has 0 saturated heterocycles. The van der Waals surface area contributed by atoms with Gasteiger partial charge in [-0.1, -0.05) is 36.4 Å². The average molecular weight is 395 g/mol. The Hall–Kier alpha value is -4.06. The van der Waals surface area contributed by atoms with Gasteiger partial charge in [0.15, 0.2) is 0 Å². The van der Waals surface area contributed by atoms with Gasteiger partial charge in [-0.05, 0) is 48.4 Å². The van der Waals surface area contributed by atoms with Crippen molar-refractivity contribution in [2.24, 2.45) is 0 Å². The summed E-state index contributed by atoms with van der Waals surface area (Å²) in [6.07, 6.45) is 5.16. The van der Waals surface area contributed by atoms with E-state index in [4.69, 9.17) is 0 Å². The van der Waals surface area contributed by atoms with E-state index in [1.54, 1.807) is 18.6 Å². The lowest BCUT2D eigenvalue weighted by Crippen LogP contribution is -2.23. The highest BCUT2D eigenvalue weighted by molar-refractivity contribution is 5.96. The van der Waals surface area contributed by atoms with Crippen molar-refractivity contribution in [3.05, 3.63) is 102 Å². The molecule has 4 aromatic rings. The fourth-order valence-corrected chi connectivity index (χ4v) is 3.04. The van der Waals surface area contributed by atoms with Gasteiger partial charge in [0.2, 0.25) is 5.95 Å². The fraction of sp³-hybridized carbons (Fsp3) is 0.0833. The number of nitrogens with one attached hydrogen (secondary N) is 2. The Kier molecular flexibility index (Phi) is 5.75. The summed E-state index contributed by atoms with van der Waals surface area (Å²) >= 11 is 0. The summed E-state index contributed by atoms with van der Waals surface area (Å²) in [6.45, 7) is 2.35. The van der Waals surface area contributed by atoms with E-state index < -0.39 is 0 Å². The lowest BCUT2D eigenvalue weighted by molar-refractivity contribution is 0.0950. The van der Waals surface area contributed by atoms with Crippen LogP contribution in [0.1, 0.15) is 21.5 Å². The Morgan fingerprint density at radius 1 is 0.967 bits per heavy atom. The predicted molar refractivity (Wildman–Crippen MR) is 117 cm³/mol. The number of aromatic nitrogens is 3. The molecule has 0 spiro atoms. The zero-order chi connectivity index (χ0) is 20.8. The molecule has 0 fully saturated rings. The van der Waals surface area contributed by atoms with E-state index in [1.807, 2.05) is 73.7 Å². The van der Waals surface area contributed by atoms with Crippen LogP contribution in [0.15, 0.2) is 85.3 Å². The molecule has 2 aromatic heterocycles. The molecule has 2 N–H and O–H groups in total. The standard InChI is InChI=1S/C24H21N5O/c1-17-9-10-19(14-21(17)23(30)27-16-18-6-5-12-25-15-18)22-11-13-26-24(29-22)28-20-7-3-2-4-8-20/h2-15H,16H2,1H3,(H,27,30)(H,26,28,29). The lowest BCUT2D eigenvalue weighted by Gasteiger charge is -2.11. The molecule has 4 rings (SSSR count). The number of pyridine rings is 1. The van der Waals surface area contributed by atoms with Crippen LogP contribution in [0.4, 0.5) is 11.6 Å². The van der Waals surface area contributed by atoms with E-state index in [-0.39, 0.29) is 5.91 Å². The minimum absolute atomic E-state index is 0.130. The molecule has 0 atom stereocenters. The van der Waals surface area contributed by atoms with Crippen LogP contribution < -0.4 is 10.6 Å². The monoisotopic (exact) mass is 395 g/mol. The minimum Gasteiger partial charge on any atom is -0.348 e. The number of anilines is 2. The highest BCUT2D eigenvalue weighted by Crippen LogP contribution is 2.22. The number of nitrogens with zero attached hydrogens (tertiary/aromatic N) is 3. The predicted octanol–water partition coefficient (Wildman–Crippen LogP) is 4.52. The minimum atomic E-state index is -0.130. The van der Waals surface area contributed by atoms with Gasteiger partial charge in [0.25, 0.3) is 5.91 Å². The first-order valence-corrected chi connectivity index (χ1v) is 9.62. The van der Waals surface area contributed by atoms with Gasteiger partial charge >= 0.3 is 0 Å². The van der Waals surface area contributed by atoms with Crippen LogP contribution in [-0.4, -0.2) is 20.9 Å². The smallest absolute Gasteiger partial charge is 0.251 e. The number of amides is 1. The maximum Gasteiger partial charge on any atom is 0.251 e. The molecule has 2 heterocycles. The zero-order valence-electron chi connectivity index (χ0n) is 16.5. The third-order valence-electron chi connectivity index (χ3n) is 4.64. The number of rotatable bonds is 6. The molecule has 0 aliphatic rings. The van der Waals surface area contributed by atoms with Crippen molar-refractivity contribution in [3.8, 4) is 11.3 Å². The lowest BCUT2D eigenvalue weighted by atomic mass is 10.0. The summed E-state index contributed by atoms with van der Waals surface area (Å²) in [5, 5.41) is 6.15. The van der Waals surface area contributed by atoms with Crippen LogP contribution in [0.2, 0.25) is 0 Å². The largest absolute Gasteiger partial charge is 0.348 e. The highest BCUT2D eigenvalue weighted by Gasteiger charge is 2.12. The van der Waals surface area contributed by atoms with E-state index >= 15 is 0 Å². The third kappa shape index (κ3) is 4.67. The molecule has 1 amide bonds. The number of para-hydroxylation sites is 1. The van der Waals surface area contributed by atoms with Crippen molar-refractivity contribution in [3.63, 3.8) is 0 Å². The number of hydrogen-bond acceptors (Lipinski definition) is 5. The van der Waals surface area contributed by atoms with Gasteiger partial charge in [0.1, 0.15) is 0 Å². The molecule has 6 nitrogen and oxygen atoms in total. The van der Waals surface area contributed by atoms with Crippen molar-refractivity contribution in [1.82, 2.24) is 20.3 Å². The summed E-state index contributed by atoms with van der Waals surface area (Å²) in [7, 11) is 0. The number of benzene rings is 2. The molecule has 6 heteroatoms. The van der Waals surface area contributed by atoms with Crippen molar-refractivity contribution >= 4 is 17.5 Å². The first kappa shape index (κ1) is 19.3. The SMILES string of the molecule is Cc1ccc(-c2ccnc(Nc3ccccc3)n2)cc1C(=O)NCc1cccnc1. The Morgan fingerprint density at radius 3 is 2.63 bits per heavy atom. The molecular formula is C24H21N5O. The van der Waals surface area contributed by atoms with Crippen molar-refractivity contribution in [2.45, 2.75) is 13.5 Å². The molecule has 0 radical (unpaired) electrons. The Balaban J connectivity index is 1.54. The van der Waals surface area contributed by atoms with E-state index in [0.717, 1.165) is 28.1 Å². The van der Waals surface area contributed by atoms with Crippen LogP contribution in [0.3, 0.4) is 0 Å². The van der Waals surface area contributed by atoms with Crippen LogP contribution in [0.5, 0.6) is 0 Å². The first-order valence-electron chi connectivity index (χ1n) is 9.62. The molecule has 0 unspecified atom stereocenters. The second-order valence-electron chi connectivity index (χ2n) is 6.83. The van der Waals surface area contributed by atoms with Gasteiger partial charge in [0.05, 0.1) is 5.69 Å². The second-order valence-corrected chi connectivity index (χ2v) is 6.83. The molecule has 0 aliphatic carbocycles. The topological polar surface area (TPSA) is 79.8 Å². The van der Waals surface area contributed by atoms with Gasteiger partial charge in [-0.3, -0.25) is 9.78 Å². The number of carbonyl (C=O) groups excluding carboxylic acids is 1. The Bertz CT molecular complexity index is 1150. The maximum absolute atomic E-state index is 12.8. The Morgan fingerprint density at radius 2 is 1.83 bits per heavy atom. The highest BCUT2D eigenvalue weighted by atomic mass is 16.1. The molecule has 30 heavy (non-hydrogen) atoms. The van der Waals surface area contributed by atoms with Gasteiger partial charge in [-0.15, -0.1) is 0 Å². The van der Waals surface area contributed by atoms with Crippen molar-refractivity contribution in [2.75, 3.05) is 5.32 Å². The number of hydrogen-bond donors (Lipinski definition) is 2. The summed E-state index contributed by atoms with van der Waals surface area (Å²) in [5.41, 5.74) is 4.98. The molecule has 0 saturated carbocycles. The van der Waals surface area contributed by atoms with Gasteiger partial charge in [0, 0.05) is 41.9 Å². The van der Waals surface area contributed by atoms with Crippen molar-refractivity contribution in [1.29, 1.82) is 0 Å². The summed E-state index contributed by atoms with van der Waals surface area (Å²) in [5.74, 6) is 0.372. The van der Waals surface area contributed by atoms with E-state index in [1.165, 1.54) is 0 Å². The zero-order valence-corrected chi connectivity index (χ0v) is 16.5. The summed E-state index contributed by atoms with van der Waals surface area (Å²) in [4.78, 5) is 25.7. The summed E-state index contributed by atoms with van der Waals surface area (Å²) < 4.78 is 0. The molecule has 2 aromatic carbocycles. The maximum atomic E-state index is 12.8. The van der Waals surface area contributed by atoms with Crippen molar-refractivity contribution < 1.29 is 4.79 Å². The van der Waals surface area contributed by atoms with Crippen LogP contribution >= 0.6 is 0 Å². The molecule has 0 aliphatic heterocycles. The molecular weight excluding hydrogens is 374 g/mol. The van der Waals surface area contributed by atoms with Gasteiger partial charge in [-0.25, -0.2) is 9.97 Å². The van der Waals surface area contributed by atoms with E-state index in [0.29, 0.717) is 18.1 Å². The van der Waals surface area contributed by atoms with Crippen LogP contribution in [-0.2, 0) is 6.54 Å². The Labute approximate surface area is 175 Å². The second kappa shape index (κ2) is 8.96. The normalized spacial score (nSPS) is 10.4. The third-order valence-corrected chi connectivity index (χ3v) is 4.64. The van der Waals surface area contributed by atoms with Crippen LogP contribution in [0.25, 0.3) is 11.3 Å². The fourth-order valence-electron chi connectivity index (χ4n) is 3.04. The number of aryl methyl sites for hydroxylation is 1. The summed E-state index contributed by atoms with van der Waals surface area (Å²) in [6, 6.07) is 21.1. The molecule has 0 bridgehead atoms. The van der Waals surface area contributed by atoms with Gasteiger partial charge in [-0.2, -0.15) is 0 Å². The first-order chi connectivity index (χ1) is 14.7. The molecule has 148 valence electrons. The van der Waals surface area contributed by atoms with E-state index in [9.17, 15) is 4.79 Å². The van der Waals surface area contributed by atoms with Crippen LogP contribution in [0, 0.1) is 6.92 Å². The van der Waals surface area contributed by atoms with Gasteiger partial charge < -0.3 is 10.6 Å². The average Bonchev–Trinajstić information content (AvgIpc) is 2.79. The number of carbonyl (C=O) groups is 1.